The SMILES string of the molecule is O=S(=O)(Nc1ccccn1)C1CC1. The Balaban J connectivity index is 2.14. The summed E-state index contributed by atoms with van der Waals surface area (Å²) in [5, 5.41) is -0.200. The van der Waals surface area contributed by atoms with E-state index in [0.717, 1.165) is 12.8 Å². The summed E-state index contributed by atoms with van der Waals surface area (Å²) in [7, 11) is -3.15. The number of aromatic nitrogens is 1. The van der Waals surface area contributed by atoms with E-state index in [4.69, 9.17) is 0 Å². The highest BCUT2D eigenvalue weighted by molar-refractivity contribution is 7.93. The number of nitrogens with one attached hydrogen (secondary N) is 1. The van der Waals surface area contributed by atoms with E-state index in [1.54, 1.807) is 24.4 Å². The highest BCUT2D eigenvalue weighted by Crippen LogP contribution is 2.29. The Morgan fingerprint density at radius 2 is 2.15 bits per heavy atom. The molecular weight excluding hydrogens is 188 g/mol. The molecule has 1 aromatic heterocycles. The van der Waals surface area contributed by atoms with Crippen LogP contribution in [0.3, 0.4) is 0 Å². The first-order chi connectivity index (χ1) is 6.18. The molecule has 0 amide bonds. The summed E-state index contributed by atoms with van der Waals surface area (Å²) in [4.78, 5) is 3.88. The molecular formula is C8H10N2O2S. The first kappa shape index (κ1) is 8.50. The fourth-order valence-corrected chi connectivity index (χ4v) is 2.37. The number of nitrogens with zero attached hydrogens (tertiary/aromatic N) is 1. The molecule has 0 radical (unpaired) electrons. The van der Waals surface area contributed by atoms with E-state index in [1.165, 1.54) is 0 Å². The van der Waals surface area contributed by atoms with Crippen molar-refractivity contribution in [1.29, 1.82) is 0 Å². The van der Waals surface area contributed by atoms with Crippen LogP contribution in [0.25, 0.3) is 0 Å². The molecule has 13 heavy (non-hydrogen) atoms. The topological polar surface area (TPSA) is 59.1 Å². The zero-order valence-corrected chi connectivity index (χ0v) is 7.79. The minimum Gasteiger partial charge on any atom is -0.267 e. The first-order valence-electron chi connectivity index (χ1n) is 4.11. The minimum absolute atomic E-state index is 0.200. The van der Waals surface area contributed by atoms with Gasteiger partial charge in [-0.05, 0) is 25.0 Å². The maximum atomic E-state index is 11.4. The van der Waals surface area contributed by atoms with Crippen LogP contribution in [0, 0.1) is 0 Å². The number of pyridine rings is 1. The normalized spacial score (nSPS) is 16.9. The number of anilines is 1. The molecule has 0 aromatic carbocycles. The Hall–Kier alpha value is -1.10. The van der Waals surface area contributed by atoms with Gasteiger partial charge in [-0.1, -0.05) is 6.07 Å². The summed E-state index contributed by atoms with van der Waals surface area (Å²) in [5.74, 6) is 0.398. The largest absolute Gasteiger partial charge is 0.267 e. The Morgan fingerprint density at radius 3 is 2.69 bits per heavy atom. The average Bonchev–Trinajstić information content (AvgIpc) is 2.87. The molecule has 4 nitrogen and oxygen atoms in total. The number of hydrogen-bond acceptors (Lipinski definition) is 3. The van der Waals surface area contributed by atoms with Crippen molar-refractivity contribution in [3.8, 4) is 0 Å². The Kier molecular flexibility index (Phi) is 1.95. The van der Waals surface area contributed by atoms with Gasteiger partial charge in [-0.25, -0.2) is 13.4 Å². The molecule has 0 aliphatic heterocycles. The predicted octanol–water partition coefficient (Wildman–Crippen LogP) is 0.986. The van der Waals surface area contributed by atoms with Gasteiger partial charge < -0.3 is 0 Å². The van der Waals surface area contributed by atoms with Crippen LogP contribution in [0.4, 0.5) is 5.82 Å². The number of hydrogen-bond donors (Lipinski definition) is 1. The molecule has 1 aromatic rings. The van der Waals surface area contributed by atoms with Crippen molar-refractivity contribution in [1.82, 2.24) is 4.98 Å². The quantitative estimate of drug-likeness (QED) is 0.787. The fraction of sp³-hybridized carbons (Fsp3) is 0.375. The zero-order chi connectivity index (χ0) is 9.31. The lowest BCUT2D eigenvalue weighted by Crippen LogP contribution is -2.17. The van der Waals surface area contributed by atoms with E-state index in [0.29, 0.717) is 5.82 Å². The van der Waals surface area contributed by atoms with Crippen LogP contribution in [-0.2, 0) is 10.0 Å². The molecule has 1 N–H and O–H groups in total. The van der Waals surface area contributed by atoms with Crippen LogP contribution in [0.15, 0.2) is 24.4 Å². The Morgan fingerprint density at radius 1 is 1.38 bits per heavy atom. The van der Waals surface area contributed by atoms with Gasteiger partial charge in [0.1, 0.15) is 5.82 Å². The molecule has 0 spiro atoms. The van der Waals surface area contributed by atoms with Gasteiger partial charge in [-0.3, -0.25) is 4.72 Å². The van der Waals surface area contributed by atoms with Crippen molar-refractivity contribution in [2.75, 3.05) is 4.72 Å². The standard InChI is InChI=1S/C8H10N2O2S/c11-13(12,7-4-5-7)10-8-3-1-2-6-9-8/h1-3,6-7H,4-5H2,(H,9,10). The zero-order valence-electron chi connectivity index (χ0n) is 6.97. The molecule has 1 heterocycles. The van der Waals surface area contributed by atoms with E-state index in [-0.39, 0.29) is 5.25 Å². The van der Waals surface area contributed by atoms with Crippen LogP contribution < -0.4 is 4.72 Å². The summed E-state index contributed by atoms with van der Waals surface area (Å²) in [5.41, 5.74) is 0. The lowest BCUT2D eigenvalue weighted by atomic mass is 10.5. The van der Waals surface area contributed by atoms with Crippen LogP contribution in [0.5, 0.6) is 0 Å². The van der Waals surface area contributed by atoms with Crippen molar-refractivity contribution in [3.63, 3.8) is 0 Å². The lowest BCUT2D eigenvalue weighted by Gasteiger charge is -2.04. The molecule has 70 valence electrons. The molecule has 0 atom stereocenters. The van der Waals surface area contributed by atoms with Crippen molar-refractivity contribution < 1.29 is 8.42 Å². The molecule has 0 unspecified atom stereocenters. The van der Waals surface area contributed by atoms with E-state index < -0.39 is 10.0 Å². The van der Waals surface area contributed by atoms with Crippen molar-refractivity contribution >= 4 is 15.8 Å². The van der Waals surface area contributed by atoms with E-state index in [1.807, 2.05) is 0 Å². The van der Waals surface area contributed by atoms with Gasteiger partial charge in [0.15, 0.2) is 0 Å². The van der Waals surface area contributed by atoms with Crippen molar-refractivity contribution in [2.24, 2.45) is 0 Å². The third-order valence-corrected chi connectivity index (χ3v) is 3.72. The Labute approximate surface area is 77.1 Å². The molecule has 0 saturated heterocycles. The summed E-state index contributed by atoms with van der Waals surface area (Å²) >= 11 is 0. The van der Waals surface area contributed by atoms with E-state index in [2.05, 4.69) is 9.71 Å². The highest BCUT2D eigenvalue weighted by atomic mass is 32.2. The molecule has 1 aliphatic rings. The molecule has 1 fully saturated rings. The second-order valence-electron chi connectivity index (χ2n) is 3.06. The predicted molar refractivity (Wildman–Crippen MR) is 49.8 cm³/mol. The van der Waals surface area contributed by atoms with Gasteiger partial charge in [-0.2, -0.15) is 0 Å². The van der Waals surface area contributed by atoms with Gasteiger partial charge in [0.05, 0.1) is 5.25 Å². The van der Waals surface area contributed by atoms with E-state index in [9.17, 15) is 8.42 Å². The average molecular weight is 198 g/mol. The minimum atomic E-state index is -3.15. The molecule has 1 saturated carbocycles. The van der Waals surface area contributed by atoms with Gasteiger partial charge in [0.25, 0.3) is 0 Å². The molecule has 0 bridgehead atoms. The first-order valence-corrected chi connectivity index (χ1v) is 5.66. The Bertz CT molecular complexity index is 384. The summed E-state index contributed by atoms with van der Waals surface area (Å²) in [6.45, 7) is 0. The van der Waals surface area contributed by atoms with Crippen molar-refractivity contribution in [3.05, 3.63) is 24.4 Å². The third-order valence-electron chi connectivity index (χ3n) is 1.87. The van der Waals surface area contributed by atoms with Gasteiger partial charge >= 0.3 is 0 Å². The molecule has 2 rings (SSSR count). The van der Waals surface area contributed by atoms with Gasteiger partial charge in [0.2, 0.25) is 10.0 Å². The lowest BCUT2D eigenvalue weighted by molar-refractivity contribution is 0.600. The number of sulfonamides is 1. The maximum absolute atomic E-state index is 11.4. The second kappa shape index (κ2) is 2.99. The van der Waals surface area contributed by atoms with Crippen molar-refractivity contribution in [2.45, 2.75) is 18.1 Å². The van der Waals surface area contributed by atoms with Crippen LogP contribution in [-0.4, -0.2) is 18.7 Å². The van der Waals surface area contributed by atoms with Crippen LogP contribution >= 0.6 is 0 Å². The molecule has 5 heteroatoms. The maximum Gasteiger partial charge on any atom is 0.236 e. The van der Waals surface area contributed by atoms with Gasteiger partial charge in [-0.15, -0.1) is 0 Å². The van der Waals surface area contributed by atoms with Crippen LogP contribution in [0.1, 0.15) is 12.8 Å². The highest BCUT2D eigenvalue weighted by Gasteiger charge is 2.35. The summed E-state index contributed by atoms with van der Waals surface area (Å²) < 4.78 is 25.3. The monoisotopic (exact) mass is 198 g/mol. The fourth-order valence-electron chi connectivity index (χ4n) is 1.03. The second-order valence-corrected chi connectivity index (χ2v) is 5.02. The molecule has 1 aliphatic carbocycles. The summed E-state index contributed by atoms with van der Waals surface area (Å²) in [6, 6.07) is 5.13. The third kappa shape index (κ3) is 1.98. The van der Waals surface area contributed by atoms with Gasteiger partial charge in [0, 0.05) is 6.20 Å². The van der Waals surface area contributed by atoms with Crippen LogP contribution in [0.2, 0.25) is 0 Å². The van der Waals surface area contributed by atoms with E-state index >= 15 is 0 Å². The summed E-state index contributed by atoms with van der Waals surface area (Å²) in [6.07, 6.45) is 3.09. The smallest absolute Gasteiger partial charge is 0.236 e. The number of rotatable bonds is 3.